The number of amides is 1. The third kappa shape index (κ3) is 2.93. The predicted octanol–water partition coefficient (Wildman–Crippen LogP) is 1.75. The first-order valence-corrected chi connectivity index (χ1v) is 9.26. The molecule has 0 radical (unpaired) electrons. The van der Waals surface area contributed by atoms with Gasteiger partial charge < -0.3 is 19.5 Å². The molecule has 148 valence electrons. The van der Waals surface area contributed by atoms with Crippen LogP contribution < -0.4 is 4.74 Å². The number of hydrogen-bond donors (Lipinski definition) is 1. The molecule has 1 N–H and O–H groups in total. The van der Waals surface area contributed by atoms with Crippen LogP contribution in [0.25, 0.3) is 5.69 Å². The van der Waals surface area contributed by atoms with Gasteiger partial charge in [-0.15, -0.1) is 0 Å². The Morgan fingerprint density at radius 2 is 2.18 bits per heavy atom. The zero-order chi connectivity index (χ0) is 19.9. The van der Waals surface area contributed by atoms with Crippen molar-refractivity contribution in [2.24, 2.45) is 11.3 Å². The number of ether oxygens (including phenoxy) is 2. The van der Waals surface area contributed by atoms with Crippen LogP contribution in [-0.2, 0) is 9.53 Å². The first kappa shape index (κ1) is 18.5. The third-order valence-electron chi connectivity index (χ3n) is 5.81. The number of carbonyl (C=O) groups is 2. The Labute approximate surface area is 162 Å². The summed E-state index contributed by atoms with van der Waals surface area (Å²) >= 11 is 0. The summed E-state index contributed by atoms with van der Waals surface area (Å²) < 4.78 is 12.5. The number of carbonyl (C=O) groups excluding carboxylic acids is 1. The highest BCUT2D eigenvalue weighted by atomic mass is 16.5. The van der Waals surface area contributed by atoms with Crippen molar-refractivity contribution in [1.29, 1.82) is 0 Å². The Morgan fingerprint density at radius 3 is 2.89 bits per heavy atom. The summed E-state index contributed by atoms with van der Waals surface area (Å²) in [7, 11) is 1.59. The van der Waals surface area contributed by atoms with Crippen molar-refractivity contribution in [3.63, 3.8) is 0 Å². The lowest BCUT2D eigenvalue weighted by atomic mass is 9.74. The predicted molar refractivity (Wildman–Crippen MR) is 99.8 cm³/mol. The fourth-order valence-electron chi connectivity index (χ4n) is 4.17. The molecule has 2 atom stereocenters. The Hall–Kier alpha value is -2.87. The van der Waals surface area contributed by atoms with Gasteiger partial charge in [0.25, 0.3) is 5.91 Å². The molecule has 3 heterocycles. The van der Waals surface area contributed by atoms with Gasteiger partial charge in [-0.3, -0.25) is 9.59 Å². The number of fused-ring (bicyclic) bond motifs is 1. The van der Waals surface area contributed by atoms with Crippen molar-refractivity contribution in [3.05, 3.63) is 41.7 Å². The Kier molecular flexibility index (Phi) is 4.58. The van der Waals surface area contributed by atoms with Crippen LogP contribution in [0.15, 0.2) is 30.5 Å². The summed E-state index contributed by atoms with van der Waals surface area (Å²) in [4.78, 5) is 26.5. The number of aliphatic carboxylic acids is 1. The zero-order valence-electron chi connectivity index (χ0n) is 15.9. The third-order valence-corrected chi connectivity index (χ3v) is 5.81. The minimum atomic E-state index is -0.920. The average Bonchev–Trinajstić information content (AvgIpc) is 3.33. The van der Waals surface area contributed by atoms with Crippen LogP contribution >= 0.6 is 0 Å². The number of rotatable bonds is 4. The monoisotopic (exact) mass is 385 g/mol. The van der Waals surface area contributed by atoms with E-state index in [1.54, 1.807) is 29.0 Å². The van der Waals surface area contributed by atoms with E-state index < -0.39 is 11.4 Å². The molecule has 8 heteroatoms. The van der Waals surface area contributed by atoms with Crippen LogP contribution in [0.1, 0.15) is 22.5 Å². The number of likely N-dealkylation sites (tertiary alicyclic amines) is 1. The van der Waals surface area contributed by atoms with E-state index in [4.69, 9.17) is 9.47 Å². The SMILES string of the molecule is COc1ccc(C)cc1-n1ccc(C(=O)N2C[C@H]3COCC[C@@]3(C(=O)O)C2)n1. The fraction of sp³-hybridized carbons (Fsp3) is 0.450. The highest BCUT2D eigenvalue weighted by molar-refractivity contribution is 5.93. The zero-order valence-corrected chi connectivity index (χ0v) is 15.9. The van der Waals surface area contributed by atoms with Crippen molar-refractivity contribution in [3.8, 4) is 11.4 Å². The molecule has 2 aliphatic rings. The first-order chi connectivity index (χ1) is 13.4. The van der Waals surface area contributed by atoms with Gasteiger partial charge in [0.05, 0.1) is 19.1 Å². The van der Waals surface area contributed by atoms with Crippen LogP contribution in [0, 0.1) is 18.3 Å². The highest BCUT2D eigenvalue weighted by Crippen LogP contribution is 2.42. The van der Waals surface area contributed by atoms with E-state index in [9.17, 15) is 14.7 Å². The smallest absolute Gasteiger partial charge is 0.311 e. The van der Waals surface area contributed by atoms with E-state index >= 15 is 0 Å². The minimum absolute atomic E-state index is 0.190. The molecule has 0 saturated carbocycles. The summed E-state index contributed by atoms with van der Waals surface area (Å²) in [6.07, 6.45) is 2.13. The Bertz CT molecular complexity index is 924. The Balaban J connectivity index is 1.59. The Morgan fingerprint density at radius 1 is 1.36 bits per heavy atom. The molecule has 2 aromatic rings. The summed E-state index contributed by atoms with van der Waals surface area (Å²) in [6.45, 7) is 3.30. The normalized spacial score (nSPS) is 24.1. The van der Waals surface area contributed by atoms with Crippen LogP contribution in [-0.4, -0.2) is 65.1 Å². The maximum atomic E-state index is 13.0. The first-order valence-electron chi connectivity index (χ1n) is 9.26. The molecule has 2 saturated heterocycles. The van der Waals surface area contributed by atoms with Gasteiger partial charge in [-0.2, -0.15) is 5.10 Å². The quantitative estimate of drug-likeness (QED) is 0.862. The fourth-order valence-corrected chi connectivity index (χ4v) is 4.17. The maximum absolute atomic E-state index is 13.0. The number of benzene rings is 1. The molecule has 1 amide bonds. The molecule has 0 unspecified atom stereocenters. The molecule has 2 fully saturated rings. The van der Waals surface area contributed by atoms with Gasteiger partial charge in [0.1, 0.15) is 11.4 Å². The number of aromatic nitrogens is 2. The van der Waals surface area contributed by atoms with Gasteiger partial charge in [0.2, 0.25) is 0 Å². The second-order valence-corrected chi connectivity index (χ2v) is 7.49. The molecule has 1 aromatic carbocycles. The highest BCUT2D eigenvalue weighted by Gasteiger charge is 2.55. The van der Waals surface area contributed by atoms with Crippen LogP contribution in [0.2, 0.25) is 0 Å². The van der Waals surface area contributed by atoms with Gasteiger partial charge in [-0.25, -0.2) is 4.68 Å². The second kappa shape index (κ2) is 6.94. The largest absolute Gasteiger partial charge is 0.494 e. The molecule has 0 bridgehead atoms. The number of carboxylic acid groups (broad SMARTS) is 1. The molecule has 1 aromatic heterocycles. The van der Waals surface area contributed by atoms with E-state index in [1.807, 2.05) is 25.1 Å². The van der Waals surface area contributed by atoms with Gasteiger partial charge in [-0.05, 0) is 37.1 Å². The topological polar surface area (TPSA) is 93.9 Å². The summed E-state index contributed by atoms with van der Waals surface area (Å²) in [5.41, 5.74) is 1.15. The number of methoxy groups -OCH3 is 1. The van der Waals surface area contributed by atoms with Gasteiger partial charge >= 0.3 is 5.97 Å². The van der Waals surface area contributed by atoms with Crippen LogP contribution in [0.4, 0.5) is 0 Å². The van der Waals surface area contributed by atoms with Gasteiger partial charge in [0, 0.05) is 31.8 Å². The lowest BCUT2D eigenvalue weighted by molar-refractivity contribution is -0.157. The number of hydrogen-bond acceptors (Lipinski definition) is 5. The minimum Gasteiger partial charge on any atom is -0.494 e. The average molecular weight is 385 g/mol. The van der Waals surface area contributed by atoms with Crippen LogP contribution in [0.3, 0.4) is 0 Å². The lowest BCUT2D eigenvalue weighted by Gasteiger charge is -2.33. The summed E-state index contributed by atoms with van der Waals surface area (Å²) in [6, 6.07) is 7.38. The standard InChI is InChI=1S/C20H23N3O5/c1-13-3-4-17(27-2)16(9-13)23-7-5-15(21-23)18(24)22-10-14-11-28-8-6-20(14,12-22)19(25)26/h3-5,7,9,14H,6,8,10-12H2,1-2H3,(H,25,26)/t14-,20+/m0/s1. The molecule has 4 rings (SSSR count). The van der Waals surface area contributed by atoms with Gasteiger partial charge in [-0.1, -0.05) is 6.07 Å². The molecular formula is C20H23N3O5. The van der Waals surface area contributed by atoms with E-state index in [2.05, 4.69) is 5.10 Å². The summed E-state index contributed by atoms with van der Waals surface area (Å²) in [5.74, 6) is -0.657. The number of nitrogens with zero attached hydrogens (tertiary/aromatic N) is 3. The molecule has 0 spiro atoms. The molecular weight excluding hydrogens is 362 g/mol. The van der Waals surface area contributed by atoms with Crippen molar-refractivity contribution in [2.45, 2.75) is 13.3 Å². The maximum Gasteiger partial charge on any atom is 0.311 e. The van der Waals surface area contributed by atoms with E-state index in [0.717, 1.165) is 11.3 Å². The number of aryl methyl sites for hydroxylation is 1. The molecule has 2 aliphatic heterocycles. The van der Waals surface area contributed by atoms with Crippen LogP contribution in [0.5, 0.6) is 5.75 Å². The molecule has 0 aliphatic carbocycles. The van der Waals surface area contributed by atoms with E-state index in [0.29, 0.717) is 31.9 Å². The second-order valence-electron chi connectivity index (χ2n) is 7.49. The van der Waals surface area contributed by atoms with E-state index in [1.165, 1.54) is 0 Å². The molecule has 8 nitrogen and oxygen atoms in total. The van der Waals surface area contributed by atoms with Crippen molar-refractivity contribution in [1.82, 2.24) is 14.7 Å². The molecule has 28 heavy (non-hydrogen) atoms. The van der Waals surface area contributed by atoms with E-state index in [-0.39, 0.29) is 24.1 Å². The summed E-state index contributed by atoms with van der Waals surface area (Å²) in [5, 5.41) is 14.2. The van der Waals surface area contributed by atoms with Crippen molar-refractivity contribution in [2.75, 3.05) is 33.4 Å². The van der Waals surface area contributed by atoms with Crippen molar-refractivity contribution < 1.29 is 24.2 Å². The lowest BCUT2D eigenvalue weighted by Crippen LogP contribution is -2.45. The van der Waals surface area contributed by atoms with Gasteiger partial charge in [0.15, 0.2) is 5.69 Å². The number of carboxylic acids is 1. The van der Waals surface area contributed by atoms with Crippen molar-refractivity contribution >= 4 is 11.9 Å².